The fraction of sp³-hybridized carbons (Fsp3) is 0.355. The number of hydrogen-bond donors (Lipinski definition) is 2. The molecule has 0 radical (unpaired) electrons. The van der Waals surface area contributed by atoms with E-state index in [-0.39, 0.29) is 6.61 Å². The van der Waals surface area contributed by atoms with E-state index >= 15 is 0 Å². The van der Waals surface area contributed by atoms with Gasteiger partial charge in [0.05, 0.1) is 11.1 Å². The van der Waals surface area contributed by atoms with E-state index in [0.29, 0.717) is 22.4 Å². The number of carbonyl (C=O) groups is 2. The molecule has 5 atom stereocenters. The van der Waals surface area contributed by atoms with Gasteiger partial charge in [-0.15, -0.1) is 11.8 Å². The number of aryl methyl sites for hydroxylation is 3. The summed E-state index contributed by atoms with van der Waals surface area (Å²) in [6, 6.07) is 21.2. The average Bonchev–Trinajstić information content (AvgIpc) is 3.22. The lowest BCUT2D eigenvalue weighted by atomic mass is 9.98. The summed E-state index contributed by atoms with van der Waals surface area (Å²) < 4.78 is 16.2. The summed E-state index contributed by atoms with van der Waals surface area (Å²) in [5.41, 5.74) is 2.30. The minimum absolute atomic E-state index is 0.291. The molecular formula is C31H32O7S. The van der Waals surface area contributed by atoms with Crippen LogP contribution in [0.15, 0.2) is 72.8 Å². The predicted molar refractivity (Wildman–Crippen MR) is 148 cm³/mol. The van der Waals surface area contributed by atoms with E-state index in [1.165, 1.54) is 11.8 Å². The van der Waals surface area contributed by atoms with Crippen molar-refractivity contribution in [2.24, 2.45) is 0 Å². The van der Waals surface area contributed by atoms with Crippen LogP contribution in [0.2, 0.25) is 0 Å². The van der Waals surface area contributed by atoms with Crippen LogP contribution >= 0.6 is 11.8 Å². The number of benzene rings is 3. The lowest BCUT2D eigenvalue weighted by Crippen LogP contribution is -2.47. The Kier molecular flexibility index (Phi) is 7.09. The molecule has 1 aliphatic heterocycles. The van der Waals surface area contributed by atoms with Gasteiger partial charge >= 0.3 is 11.9 Å². The van der Waals surface area contributed by atoms with Crippen molar-refractivity contribution in [1.29, 1.82) is 0 Å². The molecule has 5 rings (SSSR count). The van der Waals surface area contributed by atoms with Crippen molar-refractivity contribution in [3.05, 3.63) is 106 Å². The van der Waals surface area contributed by atoms with Crippen molar-refractivity contribution in [2.45, 2.75) is 56.0 Å². The average molecular weight is 549 g/mol. The minimum atomic E-state index is -2.07. The zero-order valence-corrected chi connectivity index (χ0v) is 23.2. The molecule has 0 bridgehead atoms. The summed E-state index contributed by atoms with van der Waals surface area (Å²) in [7, 11) is 0. The molecule has 1 aliphatic carbocycles. The fourth-order valence-electron chi connectivity index (χ4n) is 5.41. The van der Waals surface area contributed by atoms with Crippen molar-refractivity contribution >= 4 is 23.7 Å². The Morgan fingerprint density at radius 1 is 0.821 bits per heavy atom. The van der Waals surface area contributed by atoms with Crippen LogP contribution in [0.1, 0.15) is 49.9 Å². The first kappa shape index (κ1) is 27.4. The third-order valence-electron chi connectivity index (χ3n) is 7.55. The quantitative estimate of drug-likeness (QED) is 0.398. The number of thioether (sulfide) groups is 1. The molecule has 1 saturated heterocycles. The van der Waals surface area contributed by atoms with Gasteiger partial charge in [0.15, 0.2) is 11.7 Å². The second-order valence-electron chi connectivity index (χ2n) is 10.2. The predicted octanol–water partition coefficient (Wildman–Crippen LogP) is 4.47. The minimum Gasteiger partial charge on any atom is -0.459 e. The summed E-state index contributed by atoms with van der Waals surface area (Å²) in [5, 5.41) is 24.0. The maximum absolute atomic E-state index is 13.2. The van der Waals surface area contributed by atoms with Gasteiger partial charge in [0.2, 0.25) is 5.79 Å². The third-order valence-corrected chi connectivity index (χ3v) is 9.09. The largest absolute Gasteiger partial charge is 0.459 e. The molecule has 0 aromatic heterocycles. The van der Waals surface area contributed by atoms with E-state index in [9.17, 15) is 19.8 Å². The Morgan fingerprint density at radius 2 is 1.31 bits per heavy atom. The lowest BCUT2D eigenvalue weighted by Gasteiger charge is -2.31. The maximum Gasteiger partial charge on any atom is 0.338 e. The summed E-state index contributed by atoms with van der Waals surface area (Å²) in [6.07, 6.45) is -2.41. The number of ether oxygens (including phenoxy) is 3. The molecule has 1 saturated carbocycles. The standard InChI is InChI=1S/C31H32O7S/c1-5-39-30(24-16-10-21(4)11-17-24)29(34)26(37-28(33)23-14-8-20(3)9-15-23)25(38-31(29,30)35)18-36-27(32)22-12-6-19(2)7-13-22/h6-17,25-26,34-35H,5,18H2,1-4H3/t25-,26-,29-,30?,31?/m1/s1. The molecule has 204 valence electrons. The number of fused-ring (bicyclic) bond motifs is 1. The van der Waals surface area contributed by atoms with E-state index < -0.39 is 40.3 Å². The van der Waals surface area contributed by atoms with Gasteiger partial charge < -0.3 is 24.4 Å². The van der Waals surface area contributed by atoms with Crippen molar-refractivity contribution in [3.63, 3.8) is 0 Å². The lowest BCUT2D eigenvalue weighted by molar-refractivity contribution is -0.165. The molecule has 2 N–H and O–H groups in total. The molecule has 3 aromatic rings. The zero-order valence-electron chi connectivity index (χ0n) is 22.3. The van der Waals surface area contributed by atoms with E-state index in [1.54, 1.807) is 48.5 Å². The highest BCUT2D eigenvalue weighted by Crippen LogP contribution is 2.77. The Balaban J connectivity index is 1.47. The fourth-order valence-corrected chi connectivity index (χ4v) is 6.97. The molecule has 0 spiro atoms. The summed E-state index contributed by atoms with van der Waals surface area (Å²) >= 11 is 1.32. The second kappa shape index (κ2) is 10.1. The van der Waals surface area contributed by atoms with E-state index in [1.807, 2.05) is 52.0 Å². The monoisotopic (exact) mass is 548 g/mol. The first-order valence-electron chi connectivity index (χ1n) is 12.9. The highest BCUT2D eigenvalue weighted by molar-refractivity contribution is 8.00. The Morgan fingerprint density at radius 3 is 1.82 bits per heavy atom. The van der Waals surface area contributed by atoms with Crippen LogP contribution in [0.3, 0.4) is 0 Å². The van der Waals surface area contributed by atoms with Crippen LogP contribution in [0.25, 0.3) is 0 Å². The van der Waals surface area contributed by atoms with Gasteiger partial charge in [-0.05, 0) is 56.4 Å². The number of esters is 2. The summed E-state index contributed by atoms with van der Waals surface area (Å²) in [6.45, 7) is 7.35. The molecular weight excluding hydrogens is 516 g/mol. The Labute approximate surface area is 232 Å². The molecule has 2 unspecified atom stereocenters. The zero-order chi connectivity index (χ0) is 28.0. The van der Waals surface area contributed by atoms with Gasteiger partial charge in [0, 0.05) is 0 Å². The van der Waals surface area contributed by atoms with Crippen molar-refractivity contribution in [3.8, 4) is 0 Å². The normalized spacial score (nSPS) is 29.0. The highest BCUT2D eigenvalue weighted by Gasteiger charge is 2.98. The molecule has 2 aliphatic rings. The molecule has 1 heterocycles. The van der Waals surface area contributed by atoms with Gasteiger partial charge in [0.1, 0.15) is 17.5 Å². The number of carbonyl (C=O) groups excluding carboxylic acids is 2. The van der Waals surface area contributed by atoms with Crippen LogP contribution in [0.4, 0.5) is 0 Å². The first-order valence-corrected chi connectivity index (χ1v) is 13.9. The van der Waals surface area contributed by atoms with Gasteiger partial charge in [-0.2, -0.15) is 0 Å². The SMILES string of the molecule is CCSC1(c2ccc(C)cc2)C2(O)O[C@H](COC(=O)c3ccc(C)cc3)[C@@H](OC(=O)c3ccc(C)cc3)[C@]21O. The van der Waals surface area contributed by atoms with E-state index in [0.717, 1.165) is 16.7 Å². The topological polar surface area (TPSA) is 102 Å². The smallest absolute Gasteiger partial charge is 0.338 e. The molecule has 3 aromatic carbocycles. The summed E-state index contributed by atoms with van der Waals surface area (Å²) in [4.78, 5) is 25.9. The van der Waals surface area contributed by atoms with Gasteiger partial charge in [-0.1, -0.05) is 72.1 Å². The second-order valence-corrected chi connectivity index (χ2v) is 11.7. The summed E-state index contributed by atoms with van der Waals surface area (Å²) in [5.74, 6) is -2.79. The Hall–Kier alpha value is -3.17. The van der Waals surface area contributed by atoms with Crippen LogP contribution in [0, 0.1) is 20.8 Å². The number of aliphatic hydroxyl groups is 2. The molecule has 8 heteroatoms. The first-order chi connectivity index (χ1) is 18.6. The van der Waals surface area contributed by atoms with E-state index in [2.05, 4.69) is 0 Å². The number of rotatable bonds is 8. The van der Waals surface area contributed by atoms with Gasteiger partial charge in [-0.3, -0.25) is 0 Å². The van der Waals surface area contributed by atoms with Crippen molar-refractivity contribution < 1.29 is 34.0 Å². The van der Waals surface area contributed by atoms with Crippen LogP contribution in [-0.2, 0) is 19.0 Å². The maximum atomic E-state index is 13.2. The Bertz CT molecular complexity index is 1370. The third kappa shape index (κ3) is 4.26. The number of hydrogen-bond acceptors (Lipinski definition) is 8. The molecule has 2 fully saturated rings. The van der Waals surface area contributed by atoms with E-state index in [4.69, 9.17) is 14.2 Å². The highest BCUT2D eigenvalue weighted by atomic mass is 32.2. The van der Waals surface area contributed by atoms with Crippen molar-refractivity contribution in [1.82, 2.24) is 0 Å². The van der Waals surface area contributed by atoms with Crippen LogP contribution in [0.5, 0.6) is 0 Å². The molecule has 39 heavy (non-hydrogen) atoms. The molecule has 7 nitrogen and oxygen atoms in total. The van der Waals surface area contributed by atoms with Crippen LogP contribution in [-0.4, -0.2) is 58.1 Å². The van der Waals surface area contributed by atoms with Crippen LogP contribution < -0.4 is 0 Å². The van der Waals surface area contributed by atoms with Gasteiger partial charge in [0.25, 0.3) is 0 Å². The molecule has 0 amide bonds. The van der Waals surface area contributed by atoms with Crippen molar-refractivity contribution in [2.75, 3.05) is 12.4 Å². The van der Waals surface area contributed by atoms with Gasteiger partial charge in [-0.25, -0.2) is 9.59 Å².